The minimum absolute atomic E-state index is 0.132. The number of rotatable bonds is 2. The van der Waals surface area contributed by atoms with Gasteiger partial charge in [0.05, 0.1) is 12.3 Å². The van der Waals surface area contributed by atoms with E-state index in [1.165, 1.54) is 0 Å². The lowest BCUT2D eigenvalue weighted by molar-refractivity contribution is 0.228. The lowest BCUT2D eigenvalue weighted by Gasteiger charge is -2.18. The van der Waals surface area contributed by atoms with Crippen molar-refractivity contribution in [3.8, 4) is 0 Å². The molecule has 1 N–H and O–H groups in total. The number of aromatic nitrogens is 1. The molecule has 1 fully saturated rings. The van der Waals surface area contributed by atoms with Crippen molar-refractivity contribution in [2.45, 2.75) is 25.7 Å². The maximum atomic E-state index is 9.51. The van der Waals surface area contributed by atoms with Crippen molar-refractivity contribution in [1.82, 2.24) is 4.98 Å². The third kappa shape index (κ3) is 1.22. The summed E-state index contributed by atoms with van der Waals surface area (Å²) >= 11 is 3.49. The molecule has 0 spiro atoms. The van der Waals surface area contributed by atoms with E-state index in [-0.39, 0.29) is 17.4 Å². The Morgan fingerprint density at radius 1 is 1.57 bits per heavy atom. The highest BCUT2D eigenvalue weighted by Crippen LogP contribution is 2.64. The molecule has 1 aliphatic carbocycles. The molecule has 76 valence electrons. The zero-order chi connectivity index (χ0) is 10.4. The van der Waals surface area contributed by atoms with Crippen molar-refractivity contribution in [2.24, 2.45) is 5.41 Å². The van der Waals surface area contributed by atoms with Gasteiger partial charge in [0, 0.05) is 16.1 Å². The Bertz CT molecular complexity index is 364. The molecule has 0 bridgehead atoms. The summed E-state index contributed by atoms with van der Waals surface area (Å²) in [6, 6.07) is 3.88. The van der Waals surface area contributed by atoms with Crippen LogP contribution in [-0.2, 0) is 5.41 Å². The Balaban J connectivity index is 2.46. The lowest BCUT2D eigenvalue weighted by atomic mass is 9.93. The van der Waals surface area contributed by atoms with Gasteiger partial charge < -0.3 is 5.11 Å². The third-order valence-corrected chi connectivity index (χ3v) is 4.04. The largest absolute Gasteiger partial charge is 0.395 e. The highest BCUT2D eigenvalue weighted by atomic mass is 79.9. The number of halogens is 1. The van der Waals surface area contributed by atoms with Crippen molar-refractivity contribution < 1.29 is 5.11 Å². The van der Waals surface area contributed by atoms with Gasteiger partial charge in [-0.05, 0) is 39.9 Å². The molecule has 0 saturated heterocycles. The number of nitrogens with zero attached hydrogens (tertiary/aromatic N) is 1. The maximum absolute atomic E-state index is 9.51. The molecule has 2 rings (SSSR count). The van der Waals surface area contributed by atoms with E-state index in [9.17, 15) is 5.11 Å². The molecular weight excluding hydrogens is 242 g/mol. The van der Waals surface area contributed by atoms with Crippen molar-refractivity contribution in [1.29, 1.82) is 0 Å². The summed E-state index contributed by atoms with van der Waals surface area (Å²) in [6.07, 6.45) is 2.79. The minimum Gasteiger partial charge on any atom is -0.395 e. The van der Waals surface area contributed by atoms with E-state index in [1.807, 2.05) is 12.1 Å². The molecule has 1 atom stereocenters. The van der Waals surface area contributed by atoms with Gasteiger partial charge in [0.15, 0.2) is 0 Å². The first-order valence-corrected chi connectivity index (χ1v) is 5.55. The number of aliphatic hydroxyl groups excluding tert-OH is 1. The van der Waals surface area contributed by atoms with Crippen LogP contribution in [0.1, 0.15) is 26.0 Å². The molecule has 1 aromatic rings. The average molecular weight is 256 g/mol. The molecule has 0 aromatic carbocycles. The summed E-state index contributed by atoms with van der Waals surface area (Å²) in [4.78, 5) is 4.37. The van der Waals surface area contributed by atoms with Gasteiger partial charge in [-0.1, -0.05) is 13.8 Å². The Morgan fingerprint density at radius 2 is 2.21 bits per heavy atom. The quantitative estimate of drug-likeness (QED) is 0.881. The average Bonchev–Trinajstić information content (AvgIpc) is 2.70. The summed E-state index contributed by atoms with van der Waals surface area (Å²) in [5.41, 5.74) is 1.03. The Kier molecular flexibility index (Phi) is 2.20. The topological polar surface area (TPSA) is 33.1 Å². The summed E-state index contributed by atoms with van der Waals surface area (Å²) < 4.78 is 1.000. The van der Waals surface area contributed by atoms with Crippen molar-refractivity contribution in [3.05, 3.63) is 28.5 Å². The second kappa shape index (κ2) is 3.04. The van der Waals surface area contributed by atoms with E-state index in [0.717, 1.165) is 16.6 Å². The van der Waals surface area contributed by atoms with Gasteiger partial charge in [-0.25, -0.2) is 0 Å². The van der Waals surface area contributed by atoms with Gasteiger partial charge in [0.1, 0.15) is 0 Å². The van der Waals surface area contributed by atoms with E-state index in [2.05, 4.69) is 34.8 Å². The molecular formula is C11H14BrNO. The SMILES string of the molecule is CC1(C)CC1(CO)c1ncccc1Br. The fraction of sp³-hybridized carbons (Fsp3) is 0.545. The molecule has 14 heavy (non-hydrogen) atoms. The predicted octanol–water partition coefficient (Wildman–Crippen LogP) is 2.50. The third-order valence-electron chi connectivity index (χ3n) is 3.40. The van der Waals surface area contributed by atoms with Crippen molar-refractivity contribution in [2.75, 3.05) is 6.61 Å². The molecule has 1 saturated carbocycles. The van der Waals surface area contributed by atoms with Crippen LogP contribution in [0.5, 0.6) is 0 Å². The van der Waals surface area contributed by atoms with Crippen molar-refractivity contribution >= 4 is 15.9 Å². The zero-order valence-corrected chi connectivity index (χ0v) is 10.0. The Hall–Kier alpha value is -0.410. The number of aliphatic hydroxyl groups is 1. The first-order chi connectivity index (χ1) is 6.53. The standard InChI is InChI=1S/C11H14BrNO/c1-10(2)6-11(10,7-14)9-8(12)4-3-5-13-9/h3-5,14H,6-7H2,1-2H3. The normalized spacial score (nSPS) is 28.9. The summed E-state index contributed by atoms with van der Waals surface area (Å²) in [5, 5.41) is 9.51. The molecule has 0 amide bonds. The first kappa shape index (κ1) is 10.1. The smallest absolute Gasteiger partial charge is 0.0635 e. The van der Waals surface area contributed by atoms with Crippen LogP contribution in [0.25, 0.3) is 0 Å². The van der Waals surface area contributed by atoms with Gasteiger partial charge in [-0.2, -0.15) is 0 Å². The van der Waals surface area contributed by atoms with Gasteiger partial charge in [-0.3, -0.25) is 4.98 Å². The van der Waals surface area contributed by atoms with E-state index < -0.39 is 0 Å². The van der Waals surface area contributed by atoms with Gasteiger partial charge in [0.25, 0.3) is 0 Å². The fourth-order valence-corrected chi connectivity index (χ4v) is 2.83. The summed E-state index contributed by atoms with van der Waals surface area (Å²) in [6.45, 7) is 4.52. The van der Waals surface area contributed by atoms with Crippen LogP contribution in [0.3, 0.4) is 0 Å². The van der Waals surface area contributed by atoms with Crippen LogP contribution in [0.15, 0.2) is 22.8 Å². The summed E-state index contributed by atoms with van der Waals surface area (Å²) in [7, 11) is 0. The Labute approximate surface area is 92.5 Å². The second-order valence-electron chi connectivity index (χ2n) is 4.63. The molecule has 1 unspecified atom stereocenters. The highest BCUT2D eigenvalue weighted by molar-refractivity contribution is 9.10. The van der Waals surface area contributed by atoms with Crippen LogP contribution in [-0.4, -0.2) is 16.7 Å². The number of hydrogen-bond donors (Lipinski definition) is 1. The molecule has 3 heteroatoms. The van der Waals surface area contributed by atoms with Gasteiger partial charge in [0.2, 0.25) is 0 Å². The molecule has 0 radical (unpaired) electrons. The van der Waals surface area contributed by atoms with E-state index in [1.54, 1.807) is 6.20 Å². The summed E-state index contributed by atoms with van der Waals surface area (Å²) in [5.74, 6) is 0. The fourth-order valence-electron chi connectivity index (χ4n) is 2.20. The monoisotopic (exact) mass is 255 g/mol. The van der Waals surface area contributed by atoms with Crippen LogP contribution in [0, 0.1) is 5.41 Å². The molecule has 1 heterocycles. The van der Waals surface area contributed by atoms with E-state index in [0.29, 0.717) is 0 Å². The van der Waals surface area contributed by atoms with E-state index >= 15 is 0 Å². The second-order valence-corrected chi connectivity index (χ2v) is 5.49. The van der Waals surface area contributed by atoms with Crippen LogP contribution in [0.2, 0.25) is 0 Å². The van der Waals surface area contributed by atoms with Crippen molar-refractivity contribution in [3.63, 3.8) is 0 Å². The van der Waals surface area contributed by atoms with Crippen LogP contribution >= 0.6 is 15.9 Å². The van der Waals surface area contributed by atoms with Gasteiger partial charge >= 0.3 is 0 Å². The predicted molar refractivity (Wildman–Crippen MR) is 59.1 cm³/mol. The first-order valence-electron chi connectivity index (χ1n) is 4.75. The van der Waals surface area contributed by atoms with Crippen LogP contribution in [0.4, 0.5) is 0 Å². The number of pyridine rings is 1. The highest BCUT2D eigenvalue weighted by Gasteiger charge is 2.63. The maximum Gasteiger partial charge on any atom is 0.0635 e. The van der Waals surface area contributed by atoms with E-state index in [4.69, 9.17) is 0 Å². The van der Waals surface area contributed by atoms with Gasteiger partial charge in [-0.15, -0.1) is 0 Å². The Morgan fingerprint density at radius 3 is 2.64 bits per heavy atom. The van der Waals surface area contributed by atoms with Crippen LogP contribution < -0.4 is 0 Å². The molecule has 1 aromatic heterocycles. The minimum atomic E-state index is -0.132. The molecule has 2 nitrogen and oxygen atoms in total. The molecule has 0 aliphatic heterocycles. The number of hydrogen-bond acceptors (Lipinski definition) is 2. The lowest BCUT2D eigenvalue weighted by Crippen LogP contribution is -2.21. The zero-order valence-electron chi connectivity index (χ0n) is 8.42. The molecule has 1 aliphatic rings.